The first-order valence-corrected chi connectivity index (χ1v) is 12.9. The molecule has 2 aliphatic rings. The number of fused-ring (bicyclic) bond motifs is 2. The molecule has 0 saturated heterocycles. The van der Waals surface area contributed by atoms with Gasteiger partial charge in [-0.15, -0.1) is 0 Å². The summed E-state index contributed by atoms with van der Waals surface area (Å²) < 4.78 is 29.5. The van der Waals surface area contributed by atoms with E-state index in [1.54, 1.807) is 0 Å². The molecule has 0 aromatic heterocycles. The largest absolute Gasteiger partial charge is 0.481 e. The van der Waals surface area contributed by atoms with Gasteiger partial charge in [-0.25, -0.2) is 8.42 Å². The van der Waals surface area contributed by atoms with E-state index in [1.807, 2.05) is 30.3 Å². The van der Waals surface area contributed by atoms with Gasteiger partial charge in [-0.2, -0.15) is 0 Å². The lowest BCUT2D eigenvalue weighted by atomic mass is 9.93. The Balaban J connectivity index is 1.60. The first kappa shape index (κ1) is 22.3. The number of carboxylic acids is 1. The standard InChI is InChI=1S/C22H28INO4S/c23-19-7-5-6-16(14-19)12-13-29(27,28)24-22-18-11-10-17(15-18)20(22)8-3-1-2-4-9-21(25)26/h1,3,5-7,14,17-18,24H,2,4,8-13,15H2,(H,25,26). The zero-order valence-corrected chi connectivity index (χ0v) is 19.4. The monoisotopic (exact) mass is 529 g/mol. The molecule has 1 fully saturated rings. The van der Waals surface area contributed by atoms with Crippen LogP contribution in [-0.4, -0.2) is 25.2 Å². The van der Waals surface area contributed by atoms with E-state index in [9.17, 15) is 13.2 Å². The smallest absolute Gasteiger partial charge is 0.303 e. The summed E-state index contributed by atoms with van der Waals surface area (Å²) in [6.45, 7) is 0. The second-order valence-electron chi connectivity index (χ2n) is 7.91. The molecule has 1 saturated carbocycles. The Morgan fingerprint density at radius 2 is 2.03 bits per heavy atom. The Morgan fingerprint density at radius 3 is 2.79 bits per heavy atom. The number of carbonyl (C=O) groups is 1. The van der Waals surface area contributed by atoms with Crippen LogP contribution >= 0.6 is 22.6 Å². The molecule has 2 aliphatic carbocycles. The fourth-order valence-electron chi connectivity index (χ4n) is 4.33. The molecule has 0 heterocycles. The Labute approximate surface area is 186 Å². The highest BCUT2D eigenvalue weighted by Gasteiger charge is 2.39. The van der Waals surface area contributed by atoms with Gasteiger partial charge in [0.25, 0.3) is 0 Å². The van der Waals surface area contributed by atoms with E-state index in [0.29, 0.717) is 24.7 Å². The number of allylic oxidation sites excluding steroid dienone is 4. The number of benzene rings is 1. The second kappa shape index (κ2) is 10.1. The predicted octanol–water partition coefficient (Wildman–Crippen LogP) is 4.64. The molecule has 0 aliphatic heterocycles. The van der Waals surface area contributed by atoms with Crippen molar-refractivity contribution in [1.29, 1.82) is 0 Å². The van der Waals surface area contributed by atoms with Gasteiger partial charge < -0.3 is 5.11 Å². The average molecular weight is 529 g/mol. The van der Waals surface area contributed by atoms with Crippen LogP contribution in [0, 0.1) is 15.4 Å². The second-order valence-corrected chi connectivity index (χ2v) is 11.0. The summed E-state index contributed by atoms with van der Waals surface area (Å²) in [7, 11) is -3.38. The third kappa shape index (κ3) is 6.57. The van der Waals surface area contributed by atoms with Crippen LogP contribution in [0.2, 0.25) is 0 Å². The number of aliphatic carboxylic acids is 1. The number of aryl methyl sites for hydroxylation is 1. The predicted molar refractivity (Wildman–Crippen MR) is 123 cm³/mol. The van der Waals surface area contributed by atoms with E-state index >= 15 is 0 Å². The highest BCUT2D eigenvalue weighted by molar-refractivity contribution is 14.1. The number of hydrogen-bond acceptors (Lipinski definition) is 3. The van der Waals surface area contributed by atoms with Gasteiger partial charge in [-0.3, -0.25) is 9.52 Å². The minimum atomic E-state index is -3.38. The van der Waals surface area contributed by atoms with Crippen LogP contribution < -0.4 is 4.72 Å². The normalized spacial score (nSPS) is 21.3. The molecule has 0 radical (unpaired) electrons. The maximum Gasteiger partial charge on any atom is 0.303 e. The summed E-state index contributed by atoms with van der Waals surface area (Å²) in [6.07, 6.45) is 10.2. The zero-order chi connectivity index (χ0) is 20.9. The maximum atomic E-state index is 12.7. The van der Waals surface area contributed by atoms with Crippen molar-refractivity contribution in [1.82, 2.24) is 4.72 Å². The zero-order valence-electron chi connectivity index (χ0n) is 16.4. The number of carboxylic acid groups (broad SMARTS) is 1. The molecule has 158 valence electrons. The van der Waals surface area contributed by atoms with Crippen molar-refractivity contribution in [2.24, 2.45) is 11.8 Å². The number of sulfonamides is 1. The number of unbranched alkanes of at least 4 members (excludes halogenated alkanes) is 1. The van der Waals surface area contributed by atoms with Crippen LogP contribution in [0.15, 0.2) is 47.7 Å². The highest BCUT2D eigenvalue weighted by atomic mass is 127. The van der Waals surface area contributed by atoms with E-state index in [4.69, 9.17) is 5.11 Å². The minimum Gasteiger partial charge on any atom is -0.481 e. The maximum absolute atomic E-state index is 12.7. The molecular formula is C22H28INO4S. The van der Waals surface area contributed by atoms with Gasteiger partial charge in [-0.1, -0.05) is 24.3 Å². The lowest BCUT2D eigenvalue weighted by molar-refractivity contribution is -0.137. The van der Waals surface area contributed by atoms with Crippen LogP contribution in [0.5, 0.6) is 0 Å². The Morgan fingerprint density at radius 1 is 1.24 bits per heavy atom. The van der Waals surface area contributed by atoms with Gasteiger partial charge in [0.05, 0.1) is 5.75 Å². The lowest BCUT2D eigenvalue weighted by Crippen LogP contribution is -2.30. The molecule has 2 unspecified atom stereocenters. The third-order valence-corrected chi connectivity index (χ3v) is 7.70. The first-order chi connectivity index (χ1) is 13.8. The summed E-state index contributed by atoms with van der Waals surface area (Å²) in [4.78, 5) is 10.6. The topological polar surface area (TPSA) is 83.5 Å². The van der Waals surface area contributed by atoms with E-state index in [0.717, 1.165) is 46.9 Å². The molecule has 3 rings (SSSR count). The van der Waals surface area contributed by atoms with Gasteiger partial charge >= 0.3 is 5.97 Å². The van der Waals surface area contributed by atoms with Crippen LogP contribution in [0.4, 0.5) is 0 Å². The average Bonchev–Trinajstić information content (AvgIpc) is 3.25. The summed E-state index contributed by atoms with van der Waals surface area (Å²) in [6, 6.07) is 7.94. The van der Waals surface area contributed by atoms with Gasteiger partial charge in [0.2, 0.25) is 10.0 Å². The fraction of sp³-hybridized carbons (Fsp3) is 0.500. The first-order valence-electron chi connectivity index (χ1n) is 10.2. The van der Waals surface area contributed by atoms with Crippen molar-refractivity contribution < 1.29 is 18.3 Å². The van der Waals surface area contributed by atoms with Crippen LogP contribution in [0.1, 0.15) is 50.5 Å². The lowest BCUT2D eigenvalue weighted by Gasteiger charge is -2.21. The van der Waals surface area contributed by atoms with Crippen LogP contribution in [0.3, 0.4) is 0 Å². The molecule has 1 aromatic rings. The van der Waals surface area contributed by atoms with Gasteiger partial charge in [0.15, 0.2) is 0 Å². The molecule has 2 N–H and O–H groups in total. The van der Waals surface area contributed by atoms with Gasteiger partial charge in [-0.05, 0) is 96.7 Å². The van der Waals surface area contributed by atoms with E-state index < -0.39 is 16.0 Å². The Bertz CT molecular complexity index is 907. The molecule has 0 spiro atoms. The van der Waals surface area contributed by atoms with Gasteiger partial charge in [0, 0.05) is 21.6 Å². The molecular weight excluding hydrogens is 501 g/mol. The molecule has 1 aromatic carbocycles. The van der Waals surface area contributed by atoms with Crippen molar-refractivity contribution in [2.45, 2.75) is 51.4 Å². The fourth-order valence-corrected chi connectivity index (χ4v) is 6.18. The highest BCUT2D eigenvalue weighted by Crippen LogP contribution is 2.49. The van der Waals surface area contributed by atoms with Crippen molar-refractivity contribution in [3.63, 3.8) is 0 Å². The summed E-state index contributed by atoms with van der Waals surface area (Å²) in [5.74, 6) is 0.141. The quantitative estimate of drug-likeness (QED) is 0.249. The number of rotatable bonds is 11. The molecule has 2 atom stereocenters. The summed E-state index contributed by atoms with van der Waals surface area (Å²) >= 11 is 2.24. The van der Waals surface area contributed by atoms with Crippen molar-refractivity contribution >= 4 is 38.6 Å². The van der Waals surface area contributed by atoms with E-state index in [2.05, 4.69) is 33.4 Å². The number of hydrogen-bond donors (Lipinski definition) is 2. The van der Waals surface area contributed by atoms with Crippen molar-refractivity contribution in [2.75, 3.05) is 5.75 Å². The van der Waals surface area contributed by atoms with Gasteiger partial charge in [0.1, 0.15) is 0 Å². The number of nitrogens with one attached hydrogen (secondary N) is 1. The molecule has 2 bridgehead atoms. The Hall–Kier alpha value is -1.35. The Kier molecular flexibility index (Phi) is 7.79. The minimum absolute atomic E-state index is 0.0896. The third-order valence-electron chi connectivity index (χ3n) is 5.76. The van der Waals surface area contributed by atoms with Crippen LogP contribution in [0.25, 0.3) is 0 Å². The van der Waals surface area contributed by atoms with Crippen molar-refractivity contribution in [3.8, 4) is 0 Å². The van der Waals surface area contributed by atoms with Crippen molar-refractivity contribution in [3.05, 3.63) is 56.8 Å². The molecule has 0 amide bonds. The molecule has 5 nitrogen and oxygen atoms in total. The molecule has 7 heteroatoms. The molecule has 29 heavy (non-hydrogen) atoms. The summed E-state index contributed by atoms with van der Waals surface area (Å²) in [5.41, 5.74) is 3.20. The van der Waals surface area contributed by atoms with Crippen LogP contribution in [-0.2, 0) is 21.2 Å². The summed E-state index contributed by atoms with van der Waals surface area (Å²) in [5, 5.41) is 8.69. The van der Waals surface area contributed by atoms with E-state index in [-0.39, 0.29) is 12.2 Å². The number of halogens is 1. The SMILES string of the molecule is O=C(O)CCCC=CCC1=C(NS(=O)(=O)CCc2cccc(I)c2)C2CCC1C2. The van der Waals surface area contributed by atoms with E-state index in [1.165, 1.54) is 5.57 Å².